The van der Waals surface area contributed by atoms with Gasteiger partial charge in [0.25, 0.3) is 10.1 Å². The molecule has 0 amide bonds. The second kappa shape index (κ2) is 3.29. The highest BCUT2D eigenvalue weighted by molar-refractivity contribution is 7.86. The van der Waals surface area contributed by atoms with Gasteiger partial charge in [-0.2, -0.15) is 8.42 Å². The van der Waals surface area contributed by atoms with Gasteiger partial charge in [-0.05, 0) is 6.92 Å². The summed E-state index contributed by atoms with van der Waals surface area (Å²) in [5.74, 6) is 2.32. The van der Waals surface area contributed by atoms with E-state index in [0.29, 0.717) is 13.0 Å². The Kier molecular flexibility index (Phi) is 2.66. The van der Waals surface area contributed by atoms with E-state index in [4.69, 9.17) is 15.3 Å². The van der Waals surface area contributed by atoms with Crippen LogP contribution in [0.3, 0.4) is 0 Å². The van der Waals surface area contributed by atoms with Gasteiger partial charge in [-0.15, -0.1) is 6.42 Å². The second-order valence-corrected chi connectivity index (χ2v) is 4.54. The molecule has 0 aliphatic heterocycles. The van der Waals surface area contributed by atoms with Crippen molar-refractivity contribution in [2.45, 2.75) is 25.0 Å². The van der Waals surface area contributed by atoms with Crippen LogP contribution in [0.15, 0.2) is 0 Å². The zero-order valence-corrected chi connectivity index (χ0v) is 8.43. The van der Waals surface area contributed by atoms with Gasteiger partial charge < -0.3 is 4.74 Å². The molecule has 0 bridgehead atoms. The molecule has 0 unspecified atom stereocenters. The standard InChI is InChI=1S/C8H12O4S/c1-4-8(12-13(3,9)10)6-7(8)11-5-2/h1,7H,5-6H2,2-3H3/t7-,8+/m1/s1. The Hall–Kier alpha value is -0.570. The first-order valence-electron chi connectivity index (χ1n) is 3.93. The number of terminal acetylenes is 1. The molecule has 1 rings (SSSR count). The van der Waals surface area contributed by atoms with E-state index in [-0.39, 0.29) is 6.10 Å². The summed E-state index contributed by atoms with van der Waals surface area (Å²) in [5.41, 5.74) is -1.04. The van der Waals surface area contributed by atoms with Crippen LogP contribution in [0.2, 0.25) is 0 Å². The molecular weight excluding hydrogens is 192 g/mol. The highest BCUT2D eigenvalue weighted by atomic mass is 32.2. The zero-order chi connectivity index (χ0) is 10.1. The van der Waals surface area contributed by atoms with Gasteiger partial charge >= 0.3 is 0 Å². The van der Waals surface area contributed by atoms with Gasteiger partial charge in [-0.3, -0.25) is 0 Å². The van der Waals surface area contributed by atoms with Gasteiger partial charge in [0, 0.05) is 13.0 Å². The van der Waals surface area contributed by atoms with Crippen molar-refractivity contribution in [3.05, 3.63) is 0 Å². The van der Waals surface area contributed by atoms with Gasteiger partial charge in [0.1, 0.15) is 6.10 Å². The van der Waals surface area contributed by atoms with E-state index in [9.17, 15) is 8.42 Å². The van der Waals surface area contributed by atoms with E-state index in [0.717, 1.165) is 6.26 Å². The summed E-state index contributed by atoms with van der Waals surface area (Å²) in [7, 11) is -3.51. The maximum absolute atomic E-state index is 10.8. The summed E-state index contributed by atoms with van der Waals surface area (Å²) in [5, 5.41) is 0. The van der Waals surface area contributed by atoms with Crippen LogP contribution in [0, 0.1) is 12.3 Å². The Morgan fingerprint density at radius 1 is 1.69 bits per heavy atom. The third kappa shape index (κ3) is 2.44. The maximum Gasteiger partial charge on any atom is 0.265 e. The lowest BCUT2D eigenvalue weighted by Gasteiger charge is -2.09. The lowest BCUT2D eigenvalue weighted by molar-refractivity contribution is 0.0811. The fourth-order valence-electron chi connectivity index (χ4n) is 1.14. The molecule has 0 radical (unpaired) electrons. The van der Waals surface area contributed by atoms with Crippen LogP contribution >= 0.6 is 0 Å². The van der Waals surface area contributed by atoms with Crippen molar-refractivity contribution in [2.75, 3.05) is 12.9 Å². The van der Waals surface area contributed by atoms with Crippen molar-refractivity contribution in [3.8, 4) is 12.3 Å². The lowest BCUT2D eigenvalue weighted by Crippen LogP contribution is -2.22. The monoisotopic (exact) mass is 204 g/mol. The predicted octanol–water partition coefficient (Wildman–Crippen LogP) is 0.143. The molecule has 74 valence electrons. The van der Waals surface area contributed by atoms with Gasteiger partial charge in [-0.25, -0.2) is 4.18 Å². The molecule has 5 heteroatoms. The summed E-state index contributed by atoms with van der Waals surface area (Å²) in [6.07, 6.45) is 6.33. The third-order valence-electron chi connectivity index (χ3n) is 1.76. The summed E-state index contributed by atoms with van der Waals surface area (Å²) < 4.78 is 31.6. The van der Waals surface area contributed by atoms with Gasteiger partial charge in [0.2, 0.25) is 0 Å². The number of ether oxygens (including phenoxy) is 1. The van der Waals surface area contributed by atoms with Crippen molar-refractivity contribution in [1.29, 1.82) is 0 Å². The lowest BCUT2D eigenvalue weighted by atomic mass is 10.4. The molecule has 13 heavy (non-hydrogen) atoms. The van der Waals surface area contributed by atoms with Gasteiger partial charge in [0.05, 0.1) is 6.26 Å². The fourth-order valence-corrected chi connectivity index (χ4v) is 1.91. The molecular formula is C8H12O4S. The Morgan fingerprint density at radius 2 is 2.31 bits per heavy atom. The quantitative estimate of drug-likeness (QED) is 0.483. The van der Waals surface area contributed by atoms with E-state index >= 15 is 0 Å². The minimum Gasteiger partial charge on any atom is -0.374 e. The molecule has 0 N–H and O–H groups in total. The molecule has 1 aliphatic rings. The number of hydrogen-bond donors (Lipinski definition) is 0. The first kappa shape index (κ1) is 10.5. The van der Waals surface area contributed by atoms with Crippen LogP contribution in [-0.2, 0) is 19.0 Å². The van der Waals surface area contributed by atoms with E-state index in [1.165, 1.54) is 0 Å². The van der Waals surface area contributed by atoms with E-state index in [1.807, 2.05) is 6.92 Å². The predicted molar refractivity (Wildman–Crippen MR) is 47.5 cm³/mol. The first-order chi connectivity index (χ1) is 5.93. The van der Waals surface area contributed by atoms with Gasteiger partial charge in [0.15, 0.2) is 5.60 Å². The van der Waals surface area contributed by atoms with Crippen molar-refractivity contribution < 1.29 is 17.3 Å². The zero-order valence-electron chi connectivity index (χ0n) is 7.61. The number of rotatable bonds is 4. The molecule has 0 heterocycles. The van der Waals surface area contributed by atoms with Crippen molar-refractivity contribution >= 4 is 10.1 Å². The van der Waals surface area contributed by atoms with Crippen LogP contribution in [0.1, 0.15) is 13.3 Å². The average molecular weight is 204 g/mol. The second-order valence-electron chi connectivity index (χ2n) is 2.97. The summed E-state index contributed by atoms with van der Waals surface area (Å²) in [6, 6.07) is 0. The largest absolute Gasteiger partial charge is 0.374 e. The Bertz CT molecular complexity index is 327. The van der Waals surface area contributed by atoms with Gasteiger partial charge in [-0.1, -0.05) is 5.92 Å². The molecule has 1 aliphatic carbocycles. The number of hydrogen-bond acceptors (Lipinski definition) is 4. The Balaban J connectivity index is 2.63. The van der Waals surface area contributed by atoms with Crippen molar-refractivity contribution in [3.63, 3.8) is 0 Å². The average Bonchev–Trinajstić information content (AvgIpc) is 2.61. The molecule has 0 aromatic carbocycles. The Morgan fingerprint density at radius 3 is 2.69 bits per heavy atom. The van der Waals surface area contributed by atoms with Crippen LogP contribution < -0.4 is 0 Å². The highest BCUT2D eigenvalue weighted by Crippen LogP contribution is 2.43. The Labute approximate surface area is 78.3 Å². The molecule has 0 spiro atoms. The molecule has 0 saturated heterocycles. The highest BCUT2D eigenvalue weighted by Gasteiger charge is 2.58. The van der Waals surface area contributed by atoms with Crippen LogP contribution in [0.4, 0.5) is 0 Å². The smallest absolute Gasteiger partial charge is 0.265 e. The van der Waals surface area contributed by atoms with Crippen LogP contribution in [0.5, 0.6) is 0 Å². The van der Waals surface area contributed by atoms with Crippen molar-refractivity contribution in [1.82, 2.24) is 0 Å². The molecule has 1 fully saturated rings. The topological polar surface area (TPSA) is 52.6 Å². The molecule has 0 aromatic heterocycles. The van der Waals surface area contributed by atoms with Crippen LogP contribution in [-0.4, -0.2) is 33.0 Å². The third-order valence-corrected chi connectivity index (χ3v) is 2.36. The first-order valence-corrected chi connectivity index (χ1v) is 5.75. The minimum atomic E-state index is -3.51. The molecule has 1 saturated carbocycles. The normalized spacial score (nSPS) is 32.5. The van der Waals surface area contributed by atoms with E-state index in [2.05, 4.69) is 5.92 Å². The minimum absolute atomic E-state index is 0.280. The molecule has 0 aromatic rings. The summed E-state index contributed by atoms with van der Waals surface area (Å²) in [4.78, 5) is 0. The van der Waals surface area contributed by atoms with E-state index in [1.54, 1.807) is 0 Å². The summed E-state index contributed by atoms with van der Waals surface area (Å²) >= 11 is 0. The molecule has 2 atom stereocenters. The summed E-state index contributed by atoms with van der Waals surface area (Å²) in [6.45, 7) is 2.32. The SMILES string of the molecule is C#C[C@]1(OS(C)(=O)=O)C[C@H]1OCC. The molecule has 4 nitrogen and oxygen atoms in total. The van der Waals surface area contributed by atoms with Crippen molar-refractivity contribution in [2.24, 2.45) is 0 Å². The fraction of sp³-hybridized carbons (Fsp3) is 0.750. The van der Waals surface area contributed by atoms with Crippen LogP contribution in [0.25, 0.3) is 0 Å². The maximum atomic E-state index is 10.8. The van der Waals surface area contributed by atoms with E-state index < -0.39 is 15.7 Å².